The van der Waals surface area contributed by atoms with E-state index in [2.05, 4.69) is 75.2 Å². The van der Waals surface area contributed by atoms with Crippen molar-refractivity contribution in [3.05, 3.63) is 50.4 Å². The van der Waals surface area contributed by atoms with Crippen molar-refractivity contribution in [2.75, 3.05) is 0 Å². The maximum atomic E-state index is 3.89. The number of hydrogen-bond acceptors (Lipinski definition) is 0. The smallest absolute Gasteiger partial charge is 0.0222 e. The summed E-state index contributed by atoms with van der Waals surface area (Å²) in [6.07, 6.45) is 18.8. The molecule has 0 radical (unpaired) electrons. The zero-order valence-electron chi connectivity index (χ0n) is 17.3. The van der Waals surface area contributed by atoms with E-state index < -0.39 is 0 Å². The molecule has 152 valence electrons. The number of halogens is 2. The average molecular weight is 506 g/mol. The molecule has 0 spiro atoms. The predicted octanol–water partition coefficient (Wildman–Crippen LogP) is 10.1. The van der Waals surface area contributed by atoms with Gasteiger partial charge in [0.2, 0.25) is 0 Å². The molecule has 3 rings (SSSR count). The predicted molar refractivity (Wildman–Crippen MR) is 132 cm³/mol. The Morgan fingerprint density at radius 1 is 0.857 bits per heavy atom. The molecule has 1 atom stereocenters. The molecule has 0 N–H and O–H groups in total. The van der Waals surface area contributed by atoms with E-state index in [1.807, 2.05) is 0 Å². The summed E-state index contributed by atoms with van der Waals surface area (Å²) in [7, 11) is 0. The molecule has 1 aliphatic rings. The number of rotatable bonds is 11. The van der Waals surface area contributed by atoms with E-state index >= 15 is 0 Å². The van der Waals surface area contributed by atoms with Crippen molar-refractivity contribution in [2.45, 2.75) is 89.9 Å². The Morgan fingerprint density at radius 2 is 1.50 bits per heavy atom. The average Bonchev–Trinajstić information content (AvgIpc) is 2.69. The highest BCUT2D eigenvalue weighted by atomic mass is 79.9. The van der Waals surface area contributed by atoms with E-state index in [-0.39, 0.29) is 0 Å². The van der Waals surface area contributed by atoms with Gasteiger partial charge in [0.1, 0.15) is 0 Å². The molecule has 0 amide bonds. The van der Waals surface area contributed by atoms with Crippen LogP contribution in [0, 0.1) is 0 Å². The number of fused-ring (bicyclic) bond motifs is 3. The molecular weight excluding hydrogens is 472 g/mol. The van der Waals surface area contributed by atoms with E-state index in [1.165, 1.54) is 101 Å². The molecule has 1 unspecified atom stereocenters. The summed E-state index contributed by atoms with van der Waals surface area (Å²) in [5, 5.41) is 2.70. The van der Waals surface area contributed by atoms with Crippen molar-refractivity contribution >= 4 is 48.7 Å². The Hall–Kier alpha value is -0.600. The molecule has 2 heteroatoms. The lowest BCUT2D eigenvalue weighted by Crippen LogP contribution is -2.08. The van der Waals surface area contributed by atoms with E-state index in [0.717, 1.165) is 6.42 Å². The number of allylic oxidation sites excluding steroid dienone is 1. The second kappa shape index (κ2) is 11.6. The first-order valence-electron chi connectivity index (χ1n) is 11.3. The van der Waals surface area contributed by atoms with E-state index in [4.69, 9.17) is 0 Å². The standard InChI is InChI=1S/C26H34Br2/c1-2-3-4-5-6-7-8-9-10-11-15-21-17-22(27)19-24-23-16-13-12-14-20(23)18-25(28)26(21)24/h12-14,16,18-19,21H,2-11,15,17H2,1H3. The third-order valence-electron chi connectivity index (χ3n) is 6.14. The van der Waals surface area contributed by atoms with Gasteiger partial charge in [-0.2, -0.15) is 0 Å². The molecule has 2 aromatic carbocycles. The van der Waals surface area contributed by atoms with Gasteiger partial charge in [-0.05, 0) is 57.3 Å². The molecule has 0 nitrogen and oxygen atoms in total. The third kappa shape index (κ3) is 5.95. The molecule has 28 heavy (non-hydrogen) atoms. The Bertz CT molecular complexity index is 790. The quantitative estimate of drug-likeness (QED) is 0.266. The van der Waals surface area contributed by atoms with Crippen LogP contribution in [-0.2, 0) is 0 Å². The lowest BCUT2D eigenvalue weighted by Gasteiger charge is -2.26. The SMILES string of the molecule is CCCCCCCCCCCCC1CC(Br)=Cc2c1c(Br)cc1ccccc21. The monoisotopic (exact) mass is 504 g/mol. The summed E-state index contributed by atoms with van der Waals surface area (Å²) in [4.78, 5) is 0. The van der Waals surface area contributed by atoms with Gasteiger partial charge in [0.25, 0.3) is 0 Å². The first kappa shape index (κ1) is 22.1. The minimum atomic E-state index is 0.627. The molecule has 0 heterocycles. The van der Waals surface area contributed by atoms with Gasteiger partial charge in [-0.3, -0.25) is 0 Å². The van der Waals surface area contributed by atoms with Crippen molar-refractivity contribution in [2.24, 2.45) is 0 Å². The van der Waals surface area contributed by atoms with Gasteiger partial charge in [-0.1, -0.05) is 127 Å². The molecule has 2 aromatic rings. The van der Waals surface area contributed by atoms with Gasteiger partial charge in [-0.15, -0.1) is 0 Å². The molecule has 1 aliphatic carbocycles. The van der Waals surface area contributed by atoms with Crippen LogP contribution in [0.2, 0.25) is 0 Å². The maximum absolute atomic E-state index is 3.89. The van der Waals surface area contributed by atoms with Crippen LogP contribution < -0.4 is 0 Å². The highest BCUT2D eigenvalue weighted by Crippen LogP contribution is 2.45. The van der Waals surface area contributed by atoms with Crippen LogP contribution in [0.4, 0.5) is 0 Å². The van der Waals surface area contributed by atoms with Gasteiger partial charge in [0, 0.05) is 4.47 Å². The molecular formula is C26H34Br2. The second-order valence-corrected chi connectivity index (χ2v) is 10.2. The summed E-state index contributed by atoms with van der Waals surface area (Å²) in [5.41, 5.74) is 2.94. The van der Waals surface area contributed by atoms with Gasteiger partial charge in [-0.25, -0.2) is 0 Å². The van der Waals surface area contributed by atoms with Crippen molar-refractivity contribution in [3.8, 4) is 0 Å². The largest absolute Gasteiger partial charge is 0.0654 e. The zero-order valence-corrected chi connectivity index (χ0v) is 20.5. The molecule has 0 saturated heterocycles. The summed E-state index contributed by atoms with van der Waals surface area (Å²) in [5.74, 6) is 0.627. The van der Waals surface area contributed by atoms with Crippen molar-refractivity contribution in [1.82, 2.24) is 0 Å². The normalized spacial score (nSPS) is 16.2. The Labute approximate surface area is 188 Å². The summed E-state index contributed by atoms with van der Waals surface area (Å²) >= 11 is 7.71. The van der Waals surface area contributed by atoms with Gasteiger partial charge >= 0.3 is 0 Å². The summed E-state index contributed by atoms with van der Waals surface area (Å²) in [6, 6.07) is 11.1. The van der Waals surface area contributed by atoms with Crippen LogP contribution in [0.25, 0.3) is 16.8 Å². The topological polar surface area (TPSA) is 0 Å². The fourth-order valence-corrected chi connectivity index (χ4v) is 6.01. The van der Waals surface area contributed by atoms with Crippen molar-refractivity contribution < 1.29 is 0 Å². The van der Waals surface area contributed by atoms with E-state index in [1.54, 1.807) is 0 Å². The lowest BCUT2D eigenvalue weighted by atomic mass is 9.81. The lowest BCUT2D eigenvalue weighted by molar-refractivity contribution is 0.522. The first-order chi connectivity index (χ1) is 13.7. The number of hydrogen-bond donors (Lipinski definition) is 0. The van der Waals surface area contributed by atoms with Gasteiger partial charge in [0.15, 0.2) is 0 Å². The molecule has 0 bridgehead atoms. The minimum Gasteiger partial charge on any atom is -0.0654 e. The third-order valence-corrected chi connectivity index (χ3v) is 7.35. The fraction of sp³-hybridized carbons (Fsp3) is 0.538. The zero-order chi connectivity index (χ0) is 19.8. The van der Waals surface area contributed by atoms with E-state index in [0.29, 0.717) is 5.92 Å². The van der Waals surface area contributed by atoms with Gasteiger partial charge in [0.05, 0.1) is 0 Å². The van der Waals surface area contributed by atoms with Crippen molar-refractivity contribution in [1.29, 1.82) is 0 Å². The second-order valence-electron chi connectivity index (χ2n) is 8.37. The highest BCUT2D eigenvalue weighted by molar-refractivity contribution is 9.11. The molecule has 0 aliphatic heterocycles. The molecule has 0 aromatic heterocycles. The van der Waals surface area contributed by atoms with Crippen LogP contribution in [0.15, 0.2) is 39.3 Å². The van der Waals surface area contributed by atoms with Crippen LogP contribution in [0.3, 0.4) is 0 Å². The Kier molecular flexibility index (Phi) is 9.11. The minimum absolute atomic E-state index is 0.627. The summed E-state index contributed by atoms with van der Waals surface area (Å²) in [6.45, 7) is 2.29. The van der Waals surface area contributed by atoms with Crippen molar-refractivity contribution in [3.63, 3.8) is 0 Å². The van der Waals surface area contributed by atoms with Crippen LogP contribution in [0.5, 0.6) is 0 Å². The Morgan fingerprint density at radius 3 is 2.21 bits per heavy atom. The van der Waals surface area contributed by atoms with Crippen LogP contribution in [0.1, 0.15) is 101 Å². The molecule has 0 fully saturated rings. The molecule has 0 saturated carbocycles. The van der Waals surface area contributed by atoms with E-state index in [9.17, 15) is 0 Å². The van der Waals surface area contributed by atoms with Gasteiger partial charge < -0.3 is 0 Å². The highest BCUT2D eigenvalue weighted by Gasteiger charge is 2.24. The number of benzene rings is 2. The fourth-order valence-electron chi connectivity index (χ4n) is 4.60. The summed E-state index contributed by atoms with van der Waals surface area (Å²) < 4.78 is 2.63. The van der Waals surface area contributed by atoms with Crippen LogP contribution >= 0.6 is 31.9 Å². The number of unbranched alkanes of at least 4 members (excludes halogenated alkanes) is 9. The van der Waals surface area contributed by atoms with Crippen LogP contribution in [-0.4, -0.2) is 0 Å². The maximum Gasteiger partial charge on any atom is 0.0222 e. The first-order valence-corrected chi connectivity index (χ1v) is 12.9. The Balaban J connectivity index is 1.51.